The first-order valence-electron chi connectivity index (χ1n) is 6.76. The molecule has 0 aliphatic rings. The minimum absolute atomic E-state index is 0. The monoisotopic (exact) mass is 523 g/mol. The van der Waals surface area contributed by atoms with Crippen LogP contribution in [-0.4, -0.2) is 21.8 Å². The molecule has 0 aliphatic heterocycles. The Morgan fingerprint density at radius 3 is 2.07 bits per heavy atom. The van der Waals surface area contributed by atoms with Crippen molar-refractivity contribution in [2.75, 3.05) is 0 Å². The molecule has 0 atom stereocenters. The first-order chi connectivity index (χ1) is 11.3. The minimum Gasteiger partial charge on any atom is -0.506 e. The van der Waals surface area contributed by atoms with Crippen molar-refractivity contribution in [3.05, 3.63) is 75.6 Å². The van der Waals surface area contributed by atoms with Gasteiger partial charge in [0.1, 0.15) is 11.3 Å². The average Bonchev–Trinajstić information content (AvgIpc) is 2.54. The molecule has 27 heavy (non-hydrogen) atoms. The van der Waals surface area contributed by atoms with Crippen molar-refractivity contribution in [2.45, 2.75) is 6.18 Å². The summed E-state index contributed by atoms with van der Waals surface area (Å²) in [5, 5.41) is 10.3. The van der Waals surface area contributed by atoms with Gasteiger partial charge in [-0.3, -0.25) is 4.79 Å². The van der Waals surface area contributed by atoms with E-state index in [-0.39, 0.29) is 76.9 Å². The number of benzene rings is 2. The molecule has 0 fully saturated rings. The molecule has 0 aliphatic carbocycles. The third-order valence-corrected chi connectivity index (χ3v) is 3.49. The van der Waals surface area contributed by atoms with Crippen LogP contribution in [0.5, 0.6) is 5.75 Å². The summed E-state index contributed by atoms with van der Waals surface area (Å²) < 4.78 is 42.6. The molecule has 5 N–H and O–H groups in total. The molecule has 0 unspecified atom stereocenters. The van der Waals surface area contributed by atoms with Crippen molar-refractivity contribution in [1.29, 1.82) is 0 Å². The van der Waals surface area contributed by atoms with Crippen molar-refractivity contribution >= 4 is 16.8 Å². The SMILES string of the molecule is O.O.O=C(c1ccc(C(F)(F)F)cc1)c1c(O)c2ccccc2oc1=O.[Eu]. The maximum absolute atomic E-state index is 12.6. The fourth-order valence-electron chi connectivity index (χ4n) is 2.29. The zero-order valence-electron chi connectivity index (χ0n) is 13.3. The van der Waals surface area contributed by atoms with E-state index in [2.05, 4.69) is 0 Å². The molecule has 0 bridgehead atoms. The number of carbonyl (C=O) groups excluding carboxylic acids is 1. The Morgan fingerprint density at radius 2 is 1.52 bits per heavy atom. The Labute approximate surface area is 190 Å². The van der Waals surface area contributed by atoms with Crippen LogP contribution in [0.4, 0.5) is 13.2 Å². The van der Waals surface area contributed by atoms with E-state index in [0.29, 0.717) is 0 Å². The van der Waals surface area contributed by atoms with Crippen molar-refractivity contribution in [2.24, 2.45) is 0 Å². The van der Waals surface area contributed by atoms with Gasteiger partial charge in [-0.05, 0) is 24.3 Å². The number of rotatable bonds is 2. The van der Waals surface area contributed by atoms with E-state index in [1.165, 1.54) is 12.1 Å². The van der Waals surface area contributed by atoms with Crippen molar-refractivity contribution < 1.29 is 87.8 Å². The Bertz CT molecular complexity index is 996. The molecule has 2 aromatic carbocycles. The topological polar surface area (TPSA) is 131 Å². The van der Waals surface area contributed by atoms with E-state index in [1.807, 2.05) is 0 Å². The molecule has 1 heterocycles. The Balaban J connectivity index is 0.00000225. The smallest absolute Gasteiger partial charge is 0.416 e. The molecular weight excluding hydrogens is 509 g/mol. The summed E-state index contributed by atoms with van der Waals surface area (Å²) in [6.45, 7) is 0. The number of fused-ring (bicyclic) bond motifs is 1. The van der Waals surface area contributed by atoms with Crippen LogP contribution in [0.15, 0.2) is 57.7 Å². The molecule has 0 saturated carbocycles. The zero-order valence-corrected chi connectivity index (χ0v) is 15.7. The number of hydrogen-bond acceptors (Lipinski definition) is 4. The quantitative estimate of drug-likeness (QED) is 0.408. The van der Waals surface area contributed by atoms with E-state index < -0.39 is 34.5 Å². The summed E-state index contributed by atoms with van der Waals surface area (Å²) in [6, 6.07) is 9.41. The van der Waals surface area contributed by atoms with Crippen LogP contribution < -0.4 is 5.63 Å². The summed E-state index contributed by atoms with van der Waals surface area (Å²) in [4.78, 5) is 24.4. The van der Waals surface area contributed by atoms with Gasteiger partial charge in [-0.1, -0.05) is 24.3 Å². The summed E-state index contributed by atoms with van der Waals surface area (Å²) in [7, 11) is 0. The number of halogens is 3. The zero-order chi connectivity index (χ0) is 17.5. The fourth-order valence-corrected chi connectivity index (χ4v) is 2.29. The van der Waals surface area contributed by atoms with Gasteiger partial charge in [-0.15, -0.1) is 0 Å². The summed E-state index contributed by atoms with van der Waals surface area (Å²) in [5.74, 6) is -1.48. The van der Waals surface area contributed by atoms with Gasteiger partial charge in [0.25, 0.3) is 0 Å². The van der Waals surface area contributed by atoms with Crippen LogP contribution in [0.1, 0.15) is 21.5 Å². The van der Waals surface area contributed by atoms with Gasteiger partial charge in [0.15, 0.2) is 5.56 Å². The predicted octanol–water partition coefficient (Wildman–Crippen LogP) is 2.10. The molecule has 3 aromatic rings. The summed E-state index contributed by atoms with van der Waals surface area (Å²) in [6.07, 6.45) is -4.54. The first kappa shape index (κ1) is 25.4. The third kappa shape index (κ3) is 5.02. The standard InChI is InChI=1S/C17H9F3O4.Eu.2H2O/c18-17(19,20)10-7-5-9(6-8-10)14(21)13-15(22)11-3-1-2-4-12(11)24-16(13)23;;;/h1-8,22H;;2*1H2. The van der Waals surface area contributed by atoms with Gasteiger partial charge in [0.2, 0.25) is 5.78 Å². The van der Waals surface area contributed by atoms with Gasteiger partial charge in [-0.25, -0.2) is 4.79 Å². The number of para-hydroxylation sites is 1. The molecule has 6 nitrogen and oxygen atoms in total. The van der Waals surface area contributed by atoms with Crippen molar-refractivity contribution in [3.63, 3.8) is 0 Å². The molecule has 10 heteroatoms. The average molecular weight is 522 g/mol. The van der Waals surface area contributed by atoms with E-state index in [9.17, 15) is 27.9 Å². The molecule has 0 saturated heterocycles. The van der Waals surface area contributed by atoms with Gasteiger partial charge < -0.3 is 20.5 Å². The van der Waals surface area contributed by atoms with Crippen LogP contribution >= 0.6 is 0 Å². The van der Waals surface area contributed by atoms with Crippen LogP contribution in [0, 0.1) is 49.4 Å². The summed E-state index contributed by atoms with van der Waals surface area (Å²) in [5.41, 5.74) is -2.66. The maximum Gasteiger partial charge on any atom is 0.416 e. The van der Waals surface area contributed by atoms with Crippen molar-refractivity contribution in [3.8, 4) is 5.75 Å². The number of aromatic hydroxyl groups is 1. The summed E-state index contributed by atoms with van der Waals surface area (Å²) >= 11 is 0. The van der Waals surface area contributed by atoms with Crippen LogP contribution in [-0.2, 0) is 6.18 Å². The molecule has 0 amide bonds. The molecule has 0 spiro atoms. The Hall–Kier alpha value is -1.59. The third-order valence-electron chi connectivity index (χ3n) is 3.49. The van der Waals surface area contributed by atoms with E-state index >= 15 is 0 Å². The Kier molecular flexibility index (Phi) is 9.00. The van der Waals surface area contributed by atoms with Gasteiger partial charge in [0, 0.05) is 54.9 Å². The van der Waals surface area contributed by atoms with Crippen LogP contribution in [0.3, 0.4) is 0 Å². The maximum atomic E-state index is 12.6. The van der Waals surface area contributed by atoms with Crippen molar-refractivity contribution in [1.82, 2.24) is 0 Å². The predicted molar refractivity (Wildman–Crippen MR) is 86.3 cm³/mol. The molecular formula is C17H13EuF3O6. The number of alkyl halides is 3. The second-order valence-electron chi connectivity index (χ2n) is 5.01. The van der Waals surface area contributed by atoms with Crippen LogP contribution in [0.2, 0.25) is 0 Å². The van der Waals surface area contributed by atoms with Gasteiger partial charge in [-0.2, -0.15) is 13.2 Å². The van der Waals surface area contributed by atoms with E-state index in [4.69, 9.17) is 4.42 Å². The second kappa shape index (κ2) is 9.56. The molecule has 3 rings (SSSR count). The molecule has 145 valence electrons. The van der Waals surface area contributed by atoms with Crippen LogP contribution in [0.25, 0.3) is 11.0 Å². The number of carbonyl (C=O) groups is 1. The minimum atomic E-state index is -4.54. The number of ketones is 1. The molecule has 1 aromatic heterocycles. The van der Waals surface area contributed by atoms with Gasteiger partial charge in [0.05, 0.1) is 10.9 Å². The second-order valence-corrected chi connectivity index (χ2v) is 5.01. The normalized spacial score (nSPS) is 10.3. The van der Waals surface area contributed by atoms with Gasteiger partial charge >= 0.3 is 11.8 Å². The van der Waals surface area contributed by atoms with E-state index in [0.717, 1.165) is 24.3 Å². The largest absolute Gasteiger partial charge is 0.506 e. The molecule has 1 radical (unpaired) electrons. The Morgan fingerprint density at radius 1 is 0.963 bits per heavy atom. The van der Waals surface area contributed by atoms with E-state index in [1.54, 1.807) is 12.1 Å². The number of hydrogen-bond donors (Lipinski definition) is 1. The first-order valence-corrected chi connectivity index (χ1v) is 6.76. The fraction of sp³-hybridized carbons (Fsp3) is 0.0588.